The molecule has 0 bridgehead atoms. The summed E-state index contributed by atoms with van der Waals surface area (Å²) in [5, 5.41) is 2.59. The van der Waals surface area contributed by atoms with Crippen LogP contribution in [0.15, 0.2) is 41.3 Å². The van der Waals surface area contributed by atoms with E-state index < -0.39 is 12.1 Å². The Labute approximate surface area is 144 Å². The molecule has 0 unspecified atom stereocenters. The number of hydrogen-bond donors (Lipinski definition) is 0. The molecule has 23 heavy (non-hydrogen) atoms. The van der Waals surface area contributed by atoms with Crippen molar-refractivity contribution in [2.75, 3.05) is 19.8 Å². The summed E-state index contributed by atoms with van der Waals surface area (Å²) in [6, 6.07) is 11.5. The Kier molecular flexibility index (Phi) is 5.91. The van der Waals surface area contributed by atoms with E-state index in [2.05, 4.69) is 0 Å². The van der Waals surface area contributed by atoms with Gasteiger partial charge in [0.05, 0.1) is 5.75 Å². The van der Waals surface area contributed by atoms with Gasteiger partial charge in [0.1, 0.15) is 0 Å². The third-order valence-corrected chi connectivity index (χ3v) is 4.60. The van der Waals surface area contributed by atoms with Crippen LogP contribution in [0.3, 0.4) is 0 Å². The minimum atomic E-state index is -0.783. The maximum Gasteiger partial charge on any atom is 0.317 e. The highest BCUT2D eigenvalue weighted by Gasteiger charge is 2.19. The van der Waals surface area contributed by atoms with Gasteiger partial charge in [-0.25, -0.2) is 0 Å². The lowest BCUT2D eigenvalue weighted by atomic mass is 10.1. The number of thioether (sulfide) groups is 1. The zero-order valence-electron chi connectivity index (χ0n) is 13.2. The second kappa shape index (κ2) is 7.70. The number of halogens is 1. The van der Waals surface area contributed by atoms with E-state index >= 15 is 0 Å². The summed E-state index contributed by atoms with van der Waals surface area (Å²) in [4.78, 5) is 25.9. The maximum atomic E-state index is 11.9. The number of ether oxygens (including phenoxy) is 1. The number of nitrogens with zero attached hydrogens (tertiary/aromatic N) is 1. The largest absolute Gasteiger partial charge is 0.452 e. The van der Waals surface area contributed by atoms with Crippen molar-refractivity contribution in [3.05, 3.63) is 41.4 Å². The van der Waals surface area contributed by atoms with Crippen LogP contribution in [-0.4, -0.2) is 42.7 Å². The Balaban J connectivity index is 2.04. The first kappa shape index (κ1) is 17.6. The SMILES string of the molecule is C[C@@H](OC(=O)CSc1cccc2cccc(Cl)c12)C(=O)N(C)C. The molecule has 0 heterocycles. The zero-order chi connectivity index (χ0) is 17.0. The van der Waals surface area contributed by atoms with Gasteiger partial charge in [-0.15, -0.1) is 11.8 Å². The van der Waals surface area contributed by atoms with Gasteiger partial charge in [-0.05, 0) is 24.4 Å². The predicted octanol–water partition coefficient (Wildman–Crippen LogP) is 3.61. The van der Waals surface area contributed by atoms with Gasteiger partial charge in [-0.3, -0.25) is 9.59 Å². The molecule has 0 N–H and O–H groups in total. The molecule has 0 saturated heterocycles. The van der Waals surface area contributed by atoms with Crippen LogP contribution in [0.2, 0.25) is 5.02 Å². The van der Waals surface area contributed by atoms with Crippen molar-refractivity contribution in [1.29, 1.82) is 0 Å². The number of likely N-dealkylation sites (N-methyl/N-ethyl adjacent to an activating group) is 1. The Hall–Kier alpha value is -1.72. The van der Waals surface area contributed by atoms with Crippen molar-refractivity contribution < 1.29 is 14.3 Å². The van der Waals surface area contributed by atoms with Crippen molar-refractivity contribution in [2.24, 2.45) is 0 Å². The summed E-state index contributed by atoms with van der Waals surface area (Å²) >= 11 is 7.61. The van der Waals surface area contributed by atoms with E-state index in [0.29, 0.717) is 5.02 Å². The fourth-order valence-corrected chi connectivity index (χ4v) is 3.39. The van der Waals surface area contributed by atoms with Gasteiger partial charge >= 0.3 is 5.97 Å². The van der Waals surface area contributed by atoms with E-state index in [9.17, 15) is 9.59 Å². The fraction of sp³-hybridized carbons (Fsp3) is 0.294. The highest BCUT2D eigenvalue weighted by atomic mass is 35.5. The number of amides is 1. The lowest BCUT2D eigenvalue weighted by Crippen LogP contribution is -2.35. The molecule has 2 aromatic rings. The smallest absolute Gasteiger partial charge is 0.317 e. The molecule has 0 radical (unpaired) electrons. The third kappa shape index (κ3) is 4.39. The van der Waals surface area contributed by atoms with Gasteiger partial charge in [0.2, 0.25) is 0 Å². The minimum Gasteiger partial charge on any atom is -0.452 e. The lowest BCUT2D eigenvalue weighted by molar-refractivity contribution is -0.155. The molecule has 0 aliphatic heterocycles. The number of carbonyl (C=O) groups is 2. The minimum absolute atomic E-state index is 0.120. The van der Waals surface area contributed by atoms with Crippen LogP contribution < -0.4 is 0 Å². The van der Waals surface area contributed by atoms with Gasteiger partial charge in [-0.2, -0.15) is 0 Å². The third-order valence-electron chi connectivity index (χ3n) is 3.26. The molecule has 0 aromatic heterocycles. The van der Waals surface area contributed by atoms with Crippen molar-refractivity contribution >= 4 is 46.0 Å². The molecule has 0 fully saturated rings. The van der Waals surface area contributed by atoms with Crippen LogP contribution in [-0.2, 0) is 14.3 Å². The van der Waals surface area contributed by atoms with Crippen LogP contribution in [0, 0.1) is 0 Å². The second-order valence-corrected chi connectivity index (χ2v) is 6.67. The highest BCUT2D eigenvalue weighted by Crippen LogP contribution is 2.33. The van der Waals surface area contributed by atoms with E-state index in [1.165, 1.54) is 16.7 Å². The van der Waals surface area contributed by atoms with E-state index in [1.807, 2.05) is 36.4 Å². The molecule has 0 spiro atoms. The molecule has 1 amide bonds. The number of benzene rings is 2. The van der Waals surface area contributed by atoms with E-state index in [4.69, 9.17) is 16.3 Å². The van der Waals surface area contributed by atoms with Crippen molar-refractivity contribution in [3.63, 3.8) is 0 Å². The van der Waals surface area contributed by atoms with Gasteiger partial charge in [0.25, 0.3) is 5.91 Å². The fourth-order valence-electron chi connectivity index (χ4n) is 2.16. The van der Waals surface area contributed by atoms with Gasteiger partial charge in [0.15, 0.2) is 6.10 Å². The molecule has 0 aliphatic rings. The van der Waals surface area contributed by atoms with Gasteiger partial charge < -0.3 is 9.64 Å². The maximum absolute atomic E-state index is 11.9. The molecule has 2 aromatic carbocycles. The quantitative estimate of drug-likeness (QED) is 0.610. The van der Waals surface area contributed by atoms with E-state index in [1.54, 1.807) is 21.0 Å². The topological polar surface area (TPSA) is 46.6 Å². The first-order chi connectivity index (χ1) is 10.9. The average Bonchev–Trinajstić information content (AvgIpc) is 2.52. The summed E-state index contributed by atoms with van der Waals surface area (Å²) in [5.74, 6) is -0.548. The summed E-state index contributed by atoms with van der Waals surface area (Å²) in [6.07, 6.45) is -0.783. The predicted molar refractivity (Wildman–Crippen MR) is 93.9 cm³/mol. The number of carbonyl (C=O) groups excluding carboxylic acids is 2. The van der Waals surface area contributed by atoms with Crippen LogP contribution in [0.25, 0.3) is 10.8 Å². The Morgan fingerprint density at radius 3 is 2.52 bits per heavy atom. The molecular formula is C17H18ClNO3S. The summed E-state index contributed by atoms with van der Waals surface area (Å²) in [7, 11) is 3.25. The van der Waals surface area contributed by atoms with E-state index in [0.717, 1.165) is 15.7 Å². The Morgan fingerprint density at radius 1 is 1.22 bits per heavy atom. The second-order valence-electron chi connectivity index (χ2n) is 5.25. The molecule has 2 rings (SSSR count). The number of rotatable bonds is 5. The van der Waals surface area contributed by atoms with Crippen LogP contribution in [0.4, 0.5) is 0 Å². The summed E-state index contributed by atoms with van der Waals surface area (Å²) in [5.41, 5.74) is 0. The summed E-state index contributed by atoms with van der Waals surface area (Å²) in [6.45, 7) is 1.57. The van der Waals surface area contributed by atoms with Gasteiger partial charge in [-0.1, -0.05) is 35.9 Å². The molecule has 0 saturated carbocycles. The molecular weight excluding hydrogens is 334 g/mol. The average molecular weight is 352 g/mol. The molecule has 122 valence electrons. The van der Waals surface area contributed by atoms with Crippen molar-refractivity contribution in [2.45, 2.75) is 17.9 Å². The highest BCUT2D eigenvalue weighted by molar-refractivity contribution is 8.00. The standard InChI is InChI=1S/C17H18ClNO3S/c1-11(17(21)19(2)3)22-15(20)10-23-14-9-5-7-12-6-4-8-13(18)16(12)14/h4-9,11H,10H2,1-3H3/t11-/m1/s1. The van der Waals surface area contributed by atoms with E-state index in [-0.39, 0.29) is 11.7 Å². The Morgan fingerprint density at radius 2 is 1.87 bits per heavy atom. The summed E-state index contributed by atoms with van der Waals surface area (Å²) < 4.78 is 5.15. The molecule has 4 nitrogen and oxygen atoms in total. The molecule has 6 heteroatoms. The van der Waals surface area contributed by atoms with Crippen LogP contribution in [0.1, 0.15) is 6.92 Å². The zero-order valence-corrected chi connectivity index (χ0v) is 14.8. The Bertz CT molecular complexity index is 728. The normalized spacial score (nSPS) is 12.0. The molecule has 0 aliphatic carbocycles. The van der Waals surface area contributed by atoms with Crippen LogP contribution in [0.5, 0.6) is 0 Å². The number of hydrogen-bond acceptors (Lipinski definition) is 4. The lowest BCUT2D eigenvalue weighted by Gasteiger charge is -2.17. The van der Waals surface area contributed by atoms with Crippen LogP contribution >= 0.6 is 23.4 Å². The van der Waals surface area contributed by atoms with Gasteiger partial charge in [0, 0.05) is 29.4 Å². The van der Waals surface area contributed by atoms with Crippen molar-refractivity contribution in [1.82, 2.24) is 4.90 Å². The first-order valence-electron chi connectivity index (χ1n) is 7.11. The molecule has 1 atom stereocenters. The number of esters is 1. The first-order valence-corrected chi connectivity index (χ1v) is 8.47. The monoisotopic (exact) mass is 351 g/mol. The number of fused-ring (bicyclic) bond motifs is 1. The van der Waals surface area contributed by atoms with Crippen molar-refractivity contribution in [3.8, 4) is 0 Å².